The minimum absolute atomic E-state index is 0.0632. The molecule has 2 amide bonds. The highest BCUT2D eigenvalue weighted by Gasteiger charge is 2.15. The molecular weight excluding hydrogens is 288 g/mol. The van der Waals surface area contributed by atoms with Gasteiger partial charge in [0, 0.05) is 24.2 Å². The average Bonchev–Trinajstić information content (AvgIpc) is 2.55. The highest BCUT2D eigenvalue weighted by molar-refractivity contribution is 5.95. The fourth-order valence-electron chi connectivity index (χ4n) is 2.71. The van der Waals surface area contributed by atoms with E-state index in [0.29, 0.717) is 18.5 Å². The van der Waals surface area contributed by atoms with Crippen molar-refractivity contribution in [1.82, 2.24) is 5.32 Å². The summed E-state index contributed by atoms with van der Waals surface area (Å²) in [7, 11) is 0. The van der Waals surface area contributed by atoms with Gasteiger partial charge in [0.05, 0.1) is 0 Å². The molecule has 1 aliphatic rings. The van der Waals surface area contributed by atoms with Crippen molar-refractivity contribution in [3.8, 4) is 0 Å². The molecule has 4 heteroatoms. The van der Waals surface area contributed by atoms with Crippen molar-refractivity contribution in [2.24, 2.45) is 0 Å². The summed E-state index contributed by atoms with van der Waals surface area (Å²) in [6, 6.07) is 11.6. The summed E-state index contributed by atoms with van der Waals surface area (Å²) in [5, 5.41) is 5.81. The Balaban J connectivity index is 1.67. The van der Waals surface area contributed by atoms with E-state index < -0.39 is 0 Å². The number of hydrogen-bond donors (Lipinski definition) is 2. The van der Waals surface area contributed by atoms with E-state index in [4.69, 9.17) is 0 Å². The molecule has 2 N–H and O–H groups in total. The number of carbonyl (C=O) groups excluding carboxylic acids is 2. The van der Waals surface area contributed by atoms with Gasteiger partial charge in [0.15, 0.2) is 0 Å². The monoisotopic (exact) mass is 308 g/mol. The normalized spacial score (nSPS) is 13.2. The molecule has 0 unspecified atom stereocenters. The van der Waals surface area contributed by atoms with Gasteiger partial charge in [-0.1, -0.05) is 18.2 Å². The van der Waals surface area contributed by atoms with Crippen molar-refractivity contribution < 1.29 is 9.59 Å². The van der Waals surface area contributed by atoms with Crippen LogP contribution in [0.2, 0.25) is 0 Å². The van der Waals surface area contributed by atoms with Gasteiger partial charge in [0.2, 0.25) is 5.91 Å². The lowest BCUT2D eigenvalue weighted by Gasteiger charge is -2.17. The maximum Gasteiger partial charge on any atom is 0.251 e. The molecule has 0 atom stereocenters. The predicted octanol–water partition coefficient (Wildman–Crippen LogP) is 3.12. The lowest BCUT2D eigenvalue weighted by atomic mass is 10.0. The van der Waals surface area contributed by atoms with Crippen molar-refractivity contribution in [2.45, 2.75) is 33.2 Å². The number of hydrogen-bond acceptors (Lipinski definition) is 2. The SMILES string of the molecule is Cc1ccc(C(=O)NCc2ccc3c(c2)CCC(=O)N3)cc1C. The van der Waals surface area contributed by atoms with Crippen LogP contribution in [-0.2, 0) is 17.8 Å². The molecule has 118 valence electrons. The maximum atomic E-state index is 12.2. The Morgan fingerprint density at radius 3 is 2.70 bits per heavy atom. The van der Waals surface area contributed by atoms with Crippen LogP contribution in [0.25, 0.3) is 0 Å². The molecule has 0 bridgehead atoms. The van der Waals surface area contributed by atoms with Gasteiger partial charge < -0.3 is 10.6 Å². The van der Waals surface area contributed by atoms with E-state index in [-0.39, 0.29) is 11.8 Å². The number of nitrogens with one attached hydrogen (secondary N) is 2. The summed E-state index contributed by atoms with van der Waals surface area (Å²) in [6.45, 7) is 4.51. The fraction of sp³-hybridized carbons (Fsp3) is 0.263. The number of carbonyl (C=O) groups is 2. The third-order valence-corrected chi connectivity index (χ3v) is 4.29. The molecular formula is C19H20N2O2. The van der Waals surface area contributed by atoms with Gasteiger partial charge in [-0.25, -0.2) is 0 Å². The summed E-state index contributed by atoms with van der Waals surface area (Å²) in [5.41, 5.74) is 6.02. The highest BCUT2D eigenvalue weighted by Crippen LogP contribution is 2.23. The van der Waals surface area contributed by atoms with Crippen LogP contribution in [0.4, 0.5) is 5.69 Å². The number of fused-ring (bicyclic) bond motifs is 1. The Hall–Kier alpha value is -2.62. The largest absolute Gasteiger partial charge is 0.348 e. The van der Waals surface area contributed by atoms with Crippen LogP contribution in [0.15, 0.2) is 36.4 Å². The molecule has 4 nitrogen and oxygen atoms in total. The first-order valence-corrected chi connectivity index (χ1v) is 7.80. The Kier molecular flexibility index (Phi) is 4.15. The van der Waals surface area contributed by atoms with E-state index in [2.05, 4.69) is 16.7 Å². The molecule has 3 rings (SSSR count). The van der Waals surface area contributed by atoms with Crippen LogP contribution < -0.4 is 10.6 Å². The number of amides is 2. The Morgan fingerprint density at radius 2 is 1.91 bits per heavy atom. The van der Waals surface area contributed by atoms with Gasteiger partial charge in [0.1, 0.15) is 0 Å². The van der Waals surface area contributed by atoms with Gasteiger partial charge in [-0.3, -0.25) is 9.59 Å². The van der Waals surface area contributed by atoms with E-state index in [1.165, 1.54) is 5.56 Å². The zero-order chi connectivity index (χ0) is 16.4. The van der Waals surface area contributed by atoms with Gasteiger partial charge in [-0.15, -0.1) is 0 Å². The summed E-state index contributed by atoms with van der Waals surface area (Å²) >= 11 is 0. The number of benzene rings is 2. The maximum absolute atomic E-state index is 12.2. The third kappa shape index (κ3) is 3.42. The van der Waals surface area contributed by atoms with Crippen LogP contribution in [-0.4, -0.2) is 11.8 Å². The summed E-state index contributed by atoms with van der Waals surface area (Å²) in [6.07, 6.45) is 1.27. The topological polar surface area (TPSA) is 58.2 Å². The molecule has 1 aliphatic heterocycles. The van der Waals surface area contributed by atoms with Crippen LogP contribution in [0.3, 0.4) is 0 Å². The second kappa shape index (κ2) is 6.24. The van der Waals surface area contributed by atoms with Crippen molar-refractivity contribution in [2.75, 3.05) is 5.32 Å². The van der Waals surface area contributed by atoms with Crippen molar-refractivity contribution in [1.29, 1.82) is 0 Å². The third-order valence-electron chi connectivity index (χ3n) is 4.29. The zero-order valence-electron chi connectivity index (χ0n) is 13.4. The minimum Gasteiger partial charge on any atom is -0.348 e. The first kappa shape index (κ1) is 15.3. The van der Waals surface area contributed by atoms with E-state index >= 15 is 0 Å². The predicted molar refractivity (Wildman–Crippen MR) is 90.5 cm³/mol. The highest BCUT2D eigenvalue weighted by atomic mass is 16.2. The van der Waals surface area contributed by atoms with Crippen LogP contribution in [0.5, 0.6) is 0 Å². The standard InChI is InChI=1S/C19H20N2O2/c1-12-3-5-16(9-13(12)2)19(23)20-11-14-4-7-17-15(10-14)6-8-18(22)21-17/h3-5,7,9-10H,6,8,11H2,1-2H3,(H,20,23)(H,21,22). The lowest BCUT2D eigenvalue weighted by Crippen LogP contribution is -2.23. The summed E-state index contributed by atoms with van der Waals surface area (Å²) in [4.78, 5) is 23.6. The molecule has 0 aliphatic carbocycles. The minimum atomic E-state index is -0.0703. The molecule has 23 heavy (non-hydrogen) atoms. The van der Waals surface area contributed by atoms with Gasteiger partial charge >= 0.3 is 0 Å². The average molecular weight is 308 g/mol. The van der Waals surface area contributed by atoms with Crippen LogP contribution in [0.1, 0.15) is 39.0 Å². The Morgan fingerprint density at radius 1 is 1.09 bits per heavy atom. The first-order valence-electron chi connectivity index (χ1n) is 7.80. The molecule has 0 saturated carbocycles. The van der Waals surface area contributed by atoms with Crippen LogP contribution in [0, 0.1) is 13.8 Å². The Labute approximate surface area is 135 Å². The first-order chi connectivity index (χ1) is 11.0. The van der Waals surface area contributed by atoms with Crippen molar-refractivity contribution >= 4 is 17.5 Å². The number of aryl methyl sites for hydroxylation is 3. The van der Waals surface area contributed by atoms with Gasteiger partial charge in [-0.05, 0) is 60.7 Å². The number of anilines is 1. The Bertz CT molecular complexity index is 781. The second-order valence-electron chi connectivity index (χ2n) is 6.02. The summed E-state index contributed by atoms with van der Waals surface area (Å²) < 4.78 is 0. The van der Waals surface area contributed by atoms with E-state index in [9.17, 15) is 9.59 Å². The molecule has 0 saturated heterocycles. The van der Waals surface area contributed by atoms with Gasteiger partial charge in [-0.2, -0.15) is 0 Å². The van der Waals surface area contributed by atoms with E-state index in [1.807, 2.05) is 44.2 Å². The second-order valence-corrected chi connectivity index (χ2v) is 6.02. The molecule has 0 fully saturated rings. The van der Waals surface area contributed by atoms with Gasteiger partial charge in [0.25, 0.3) is 5.91 Å². The summed E-state index contributed by atoms with van der Waals surface area (Å²) in [5.74, 6) is -0.00702. The lowest BCUT2D eigenvalue weighted by molar-refractivity contribution is -0.116. The molecule has 2 aromatic carbocycles. The quantitative estimate of drug-likeness (QED) is 0.915. The zero-order valence-corrected chi connectivity index (χ0v) is 13.4. The van der Waals surface area contributed by atoms with E-state index in [1.54, 1.807) is 0 Å². The van der Waals surface area contributed by atoms with Crippen molar-refractivity contribution in [3.63, 3.8) is 0 Å². The van der Waals surface area contributed by atoms with Crippen LogP contribution >= 0.6 is 0 Å². The molecule has 0 spiro atoms. The molecule has 1 heterocycles. The van der Waals surface area contributed by atoms with Crippen molar-refractivity contribution in [3.05, 3.63) is 64.2 Å². The smallest absolute Gasteiger partial charge is 0.251 e. The fourth-order valence-corrected chi connectivity index (χ4v) is 2.71. The molecule has 0 radical (unpaired) electrons. The van der Waals surface area contributed by atoms with E-state index in [0.717, 1.165) is 28.8 Å². The molecule has 2 aromatic rings. The molecule has 0 aromatic heterocycles. The number of rotatable bonds is 3.